The maximum absolute atomic E-state index is 5.56. The molecule has 2 aromatic rings. The fraction of sp³-hybridized carbons (Fsp3) is 0.333. The van der Waals surface area contributed by atoms with Gasteiger partial charge in [0, 0.05) is 12.5 Å². The number of benzene rings is 1. The average molecular weight is 248 g/mol. The zero-order chi connectivity index (χ0) is 13.0. The second-order valence-electron chi connectivity index (χ2n) is 3.71. The van der Waals surface area contributed by atoms with Gasteiger partial charge in [0.1, 0.15) is 17.2 Å². The molecule has 2 rings (SSSR count). The van der Waals surface area contributed by atoms with Crippen LogP contribution in [0.4, 0.5) is 0 Å². The Morgan fingerprint density at radius 3 is 2.78 bits per heavy atom. The van der Waals surface area contributed by atoms with Crippen LogP contribution < -0.4 is 15.2 Å². The number of hydrogen-bond acceptors (Lipinski definition) is 5. The predicted octanol–water partition coefficient (Wildman–Crippen LogP) is 0.786. The third-order valence-corrected chi connectivity index (χ3v) is 2.64. The Bertz CT molecular complexity index is 525. The Labute approximate surface area is 105 Å². The molecule has 18 heavy (non-hydrogen) atoms. The zero-order valence-electron chi connectivity index (χ0n) is 10.5. The molecule has 0 fully saturated rings. The Kier molecular flexibility index (Phi) is 3.78. The molecule has 0 aliphatic heterocycles. The molecule has 0 unspecified atom stereocenters. The van der Waals surface area contributed by atoms with Gasteiger partial charge in [-0.25, -0.2) is 4.68 Å². The van der Waals surface area contributed by atoms with Crippen molar-refractivity contribution in [3.63, 3.8) is 0 Å². The molecule has 2 N–H and O–H groups in total. The lowest BCUT2D eigenvalue weighted by Gasteiger charge is -2.11. The largest absolute Gasteiger partial charge is 0.497 e. The molecule has 0 bridgehead atoms. The molecule has 0 atom stereocenters. The molecular weight excluding hydrogens is 232 g/mol. The summed E-state index contributed by atoms with van der Waals surface area (Å²) in [6.07, 6.45) is 2.42. The summed E-state index contributed by atoms with van der Waals surface area (Å²) < 4.78 is 12.2. The predicted molar refractivity (Wildman–Crippen MR) is 67.2 cm³/mol. The number of hydrogen-bond donors (Lipinski definition) is 1. The van der Waals surface area contributed by atoms with Crippen molar-refractivity contribution >= 4 is 0 Å². The molecule has 1 aromatic heterocycles. The van der Waals surface area contributed by atoms with E-state index in [1.165, 1.54) is 0 Å². The van der Waals surface area contributed by atoms with Gasteiger partial charge in [-0.3, -0.25) is 0 Å². The number of rotatable bonds is 5. The van der Waals surface area contributed by atoms with Gasteiger partial charge in [0.2, 0.25) is 0 Å². The standard InChI is InChI=1S/C12H16N4O2/c1-17-10-3-4-11(12(7-10)18-2)16-9(5-6-13)8-14-15-16/h3-4,7-8H,5-6,13H2,1-2H3. The summed E-state index contributed by atoms with van der Waals surface area (Å²) in [5, 5.41) is 7.97. The van der Waals surface area contributed by atoms with Crippen LogP contribution in [0.2, 0.25) is 0 Å². The molecule has 1 heterocycles. The highest BCUT2D eigenvalue weighted by molar-refractivity contribution is 5.51. The molecule has 0 saturated heterocycles. The Morgan fingerprint density at radius 2 is 2.11 bits per heavy atom. The maximum Gasteiger partial charge on any atom is 0.148 e. The van der Waals surface area contributed by atoms with Crippen LogP contribution in [-0.4, -0.2) is 35.8 Å². The molecule has 0 aliphatic rings. The normalized spacial score (nSPS) is 10.4. The Morgan fingerprint density at radius 1 is 1.28 bits per heavy atom. The van der Waals surface area contributed by atoms with E-state index in [1.807, 2.05) is 18.2 Å². The molecule has 6 nitrogen and oxygen atoms in total. The summed E-state index contributed by atoms with van der Waals surface area (Å²) >= 11 is 0. The minimum atomic E-state index is 0.547. The van der Waals surface area contributed by atoms with Crippen LogP contribution >= 0.6 is 0 Å². The van der Waals surface area contributed by atoms with Crippen molar-refractivity contribution in [3.8, 4) is 17.2 Å². The Balaban J connectivity index is 2.46. The van der Waals surface area contributed by atoms with Crippen molar-refractivity contribution in [2.75, 3.05) is 20.8 Å². The van der Waals surface area contributed by atoms with Crippen LogP contribution in [0, 0.1) is 0 Å². The van der Waals surface area contributed by atoms with E-state index in [4.69, 9.17) is 15.2 Å². The van der Waals surface area contributed by atoms with Crippen LogP contribution in [0.5, 0.6) is 11.5 Å². The SMILES string of the molecule is COc1ccc(-n2nncc2CCN)c(OC)c1. The lowest BCUT2D eigenvalue weighted by molar-refractivity contribution is 0.392. The quantitative estimate of drug-likeness (QED) is 0.846. The lowest BCUT2D eigenvalue weighted by atomic mass is 10.2. The summed E-state index contributed by atoms with van der Waals surface area (Å²) in [5.41, 5.74) is 7.33. The van der Waals surface area contributed by atoms with E-state index >= 15 is 0 Å². The van der Waals surface area contributed by atoms with Crippen LogP contribution in [0.25, 0.3) is 5.69 Å². The number of aromatic nitrogens is 3. The van der Waals surface area contributed by atoms with Crippen molar-refractivity contribution in [2.45, 2.75) is 6.42 Å². The van der Waals surface area contributed by atoms with E-state index < -0.39 is 0 Å². The van der Waals surface area contributed by atoms with Crippen molar-refractivity contribution < 1.29 is 9.47 Å². The number of methoxy groups -OCH3 is 2. The maximum atomic E-state index is 5.56. The smallest absolute Gasteiger partial charge is 0.148 e. The lowest BCUT2D eigenvalue weighted by Crippen LogP contribution is -2.09. The first-order chi connectivity index (χ1) is 8.80. The van der Waals surface area contributed by atoms with Gasteiger partial charge < -0.3 is 15.2 Å². The summed E-state index contributed by atoms with van der Waals surface area (Å²) in [6, 6.07) is 5.54. The van der Waals surface area contributed by atoms with Gasteiger partial charge in [-0.15, -0.1) is 5.10 Å². The van der Waals surface area contributed by atoms with Crippen molar-refractivity contribution in [1.82, 2.24) is 15.0 Å². The number of nitrogens with two attached hydrogens (primary N) is 1. The third-order valence-electron chi connectivity index (χ3n) is 2.64. The molecule has 0 aliphatic carbocycles. The molecule has 0 amide bonds. The third kappa shape index (κ3) is 2.28. The molecule has 0 saturated carbocycles. The van der Waals surface area contributed by atoms with E-state index in [2.05, 4.69) is 10.3 Å². The molecule has 0 spiro atoms. The first-order valence-corrected chi connectivity index (χ1v) is 5.62. The highest BCUT2D eigenvalue weighted by Gasteiger charge is 2.11. The van der Waals surface area contributed by atoms with E-state index in [9.17, 15) is 0 Å². The number of nitrogens with zero attached hydrogens (tertiary/aromatic N) is 3. The van der Waals surface area contributed by atoms with Crippen LogP contribution in [0.3, 0.4) is 0 Å². The molecule has 96 valence electrons. The van der Waals surface area contributed by atoms with Gasteiger partial charge >= 0.3 is 0 Å². The molecule has 6 heteroatoms. The Hall–Kier alpha value is -2.08. The number of ether oxygens (including phenoxy) is 2. The van der Waals surface area contributed by atoms with E-state index in [-0.39, 0.29) is 0 Å². The summed E-state index contributed by atoms with van der Waals surface area (Å²) in [6.45, 7) is 0.547. The van der Waals surface area contributed by atoms with Gasteiger partial charge in [-0.05, 0) is 18.7 Å². The topological polar surface area (TPSA) is 75.2 Å². The van der Waals surface area contributed by atoms with Gasteiger partial charge in [-0.2, -0.15) is 0 Å². The van der Waals surface area contributed by atoms with E-state index in [0.29, 0.717) is 18.7 Å². The van der Waals surface area contributed by atoms with Crippen molar-refractivity contribution in [1.29, 1.82) is 0 Å². The summed E-state index contributed by atoms with van der Waals surface area (Å²) in [7, 11) is 3.22. The minimum absolute atomic E-state index is 0.547. The first-order valence-electron chi connectivity index (χ1n) is 5.62. The first kappa shape index (κ1) is 12.4. The average Bonchev–Trinajstić information content (AvgIpc) is 2.86. The van der Waals surface area contributed by atoms with Crippen molar-refractivity contribution in [2.24, 2.45) is 5.73 Å². The van der Waals surface area contributed by atoms with Crippen molar-refractivity contribution in [3.05, 3.63) is 30.1 Å². The molecular formula is C12H16N4O2. The minimum Gasteiger partial charge on any atom is -0.497 e. The van der Waals surface area contributed by atoms with E-state index in [1.54, 1.807) is 25.1 Å². The van der Waals surface area contributed by atoms with Gasteiger partial charge in [-0.1, -0.05) is 5.21 Å². The van der Waals surface area contributed by atoms with Gasteiger partial charge in [0.15, 0.2) is 0 Å². The van der Waals surface area contributed by atoms with Gasteiger partial charge in [0.25, 0.3) is 0 Å². The van der Waals surface area contributed by atoms with Crippen LogP contribution in [0.1, 0.15) is 5.69 Å². The highest BCUT2D eigenvalue weighted by Crippen LogP contribution is 2.27. The fourth-order valence-corrected chi connectivity index (χ4v) is 1.74. The molecule has 0 radical (unpaired) electrons. The van der Waals surface area contributed by atoms with Crippen LogP contribution in [-0.2, 0) is 6.42 Å². The van der Waals surface area contributed by atoms with E-state index in [0.717, 1.165) is 17.1 Å². The second-order valence-corrected chi connectivity index (χ2v) is 3.71. The monoisotopic (exact) mass is 248 g/mol. The molecule has 1 aromatic carbocycles. The van der Waals surface area contributed by atoms with Crippen LogP contribution in [0.15, 0.2) is 24.4 Å². The van der Waals surface area contributed by atoms with Gasteiger partial charge in [0.05, 0.1) is 26.1 Å². The summed E-state index contributed by atoms with van der Waals surface area (Å²) in [5.74, 6) is 1.41. The summed E-state index contributed by atoms with van der Waals surface area (Å²) in [4.78, 5) is 0. The second kappa shape index (κ2) is 5.50. The zero-order valence-corrected chi connectivity index (χ0v) is 10.5. The fourth-order valence-electron chi connectivity index (χ4n) is 1.74. The highest BCUT2D eigenvalue weighted by atomic mass is 16.5.